The van der Waals surface area contributed by atoms with Crippen molar-refractivity contribution < 1.29 is 13.2 Å². The molecular weight excluding hydrogens is 260 g/mol. The first-order valence-electron chi connectivity index (χ1n) is 5.26. The number of benzene rings is 1. The van der Waals surface area contributed by atoms with E-state index in [-0.39, 0.29) is 18.0 Å². The summed E-state index contributed by atoms with van der Waals surface area (Å²) in [5.74, 6) is -0.171. The Morgan fingerprint density at radius 1 is 1.29 bits per heavy atom. The molecule has 3 nitrogen and oxygen atoms in total. The van der Waals surface area contributed by atoms with Gasteiger partial charge in [0.2, 0.25) is 0 Å². The van der Waals surface area contributed by atoms with Gasteiger partial charge in [0.25, 0.3) is 0 Å². The Bertz CT molecular complexity index is 491. The second kappa shape index (κ2) is 5.65. The molecule has 0 amide bonds. The molecule has 0 aromatic heterocycles. The summed E-state index contributed by atoms with van der Waals surface area (Å²) < 4.78 is 23.9. The van der Waals surface area contributed by atoms with E-state index in [4.69, 9.17) is 11.6 Å². The van der Waals surface area contributed by atoms with Crippen molar-refractivity contribution in [1.29, 1.82) is 0 Å². The van der Waals surface area contributed by atoms with Gasteiger partial charge in [0, 0.05) is 11.4 Å². The van der Waals surface area contributed by atoms with Crippen LogP contribution in [-0.2, 0) is 20.4 Å². The summed E-state index contributed by atoms with van der Waals surface area (Å²) in [4.78, 5) is 10.9. The van der Waals surface area contributed by atoms with Crippen LogP contribution in [0, 0.1) is 0 Å². The molecule has 0 aliphatic carbocycles. The van der Waals surface area contributed by atoms with E-state index in [1.165, 1.54) is 6.92 Å². The van der Waals surface area contributed by atoms with Gasteiger partial charge in [-0.3, -0.25) is 4.79 Å². The summed E-state index contributed by atoms with van der Waals surface area (Å²) in [6.45, 7) is 2.96. The quantitative estimate of drug-likeness (QED) is 0.829. The Hall–Kier alpha value is -0.870. The maximum Gasteiger partial charge on any atom is 0.157 e. The Morgan fingerprint density at radius 2 is 1.82 bits per heavy atom. The van der Waals surface area contributed by atoms with Crippen molar-refractivity contribution in [3.63, 3.8) is 0 Å². The summed E-state index contributed by atoms with van der Waals surface area (Å²) in [6.07, 6.45) is 0.0654. The molecular formula is C12H15ClO3S. The Kier molecular flexibility index (Phi) is 4.71. The van der Waals surface area contributed by atoms with Gasteiger partial charge in [0.15, 0.2) is 9.84 Å². The Labute approximate surface area is 107 Å². The van der Waals surface area contributed by atoms with Gasteiger partial charge < -0.3 is 0 Å². The van der Waals surface area contributed by atoms with E-state index in [1.807, 2.05) is 0 Å². The summed E-state index contributed by atoms with van der Waals surface area (Å²) >= 11 is 5.72. The van der Waals surface area contributed by atoms with E-state index in [0.717, 1.165) is 0 Å². The van der Waals surface area contributed by atoms with Gasteiger partial charge in [-0.2, -0.15) is 0 Å². The molecule has 1 atom stereocenters. The highest BCUT2D eigenvalue weighted by Crippen LogP contribution is 2.16. The van der Waals surface area contributed by atoms with Crippen LogP contribution in [0.4, 0.5) is 0 Å². The van der Waals surface area contributed by atoms with E-state index in [2.05, 4.69) is 0 Å². The lowest BCUT2D eigenvalue weighted by Gasteiger charge is -2.11. The van der Waals surface area contributed by atoms with Crippen LogP contribution in [-0.4, -0.2) is 19.5 Å². The van der Waals surface area contributed by atoms with E-state index >= 15 is 0 Å². The molecule has 0 spiro atoms. The molecule has 0 heterocycles. The monoisotopic (exact) mass is 274 g/mol. The maximum atomic E-state index is 11.9. The molecule has 1 unspecified atom stereocenters. The summed E-state index contributed by atoms with van der Waals surface area (Å²) in [6, 6.07) is 6.67. The summed E-state index contributed by atoms with van der Waals surface area (Å²) in [5.41, 5.74) is 0.685. The number of carbonyl (C=O) groups excluding carboxylic acids is 1. The highest BCUT2D eigenvalue weighted by atomic mass is 35.5. The largest absolute Gasteiger partial charge is 0.300 e. The van der Waals surface area contributed by atoms with Gasteiger partial charge in [-0.1, -0.05) is 23.7 Å². The minimum atomic E-state index is -3.29. The van der Waals surface area contributed by atoms with Gasteiger partial charge in [-0.25, -0.2) is 8.42 Å². The smallest absolute Gasteiger partial charge is 0.157 e. The number of sulfone groups is 1. The van der Waals surface area contributed by atoms with Crippen molar-refractivity contribution in [3.8, 4) is 0 Å². The molecule has 0 bridgehead atoms. The lowest BCUT2D eigenvalue weighted by molar-refractivity contribution is -0.116. The van der Waals surface area contributed by atoms with Crippen LogP contribution in [0.25, 0.3) is 0 Å². The first kappa shape index (κ1) is 14.2. The minimum absolute atomic E-state index is 0.0569. The maximum absolute atomic E-state index is 11.9. The lowest BCUT2D eigenvalue weighted by atomic mass is 10.2. The van der Waals surface area contributed by atoms with Crippen LogP contribution < -0.4 is 0 Å². The number of ketones is 1. The number of hydrogen-bond donors (Lipinski definition) is 0. The predicted octanol–water partition coefficient (Wildman–Crippen LogP) is 2.62. The van der Waals surface area contributed by atoms with Crippen LogP contribution in [0.3, 0.4) is 0 Å². The zero-order valence-electron chi connectivity index (χ0n) is 9.81. The summed E-state index contributed by atoms with van der Waals surface area (Å²) in [5, 5.41) is -0.0707. The average molecular weight is 275 g/mol. The summed E-state index contributed by atoms with van der Waals surface area (Å²) in [7, 11) is -3.29. The standard InChI is InChI=1S/C12H15ClO3S/c1-9(14)7-10(2)17(15,16)8-11-3-5-12(13)6-4-11/h3-6,10H,7-8H2,1-2H3. The third kappa shape index (κ3) is 4.48. The minimum Gasteiger partial charge on any atom is -0.300 e. The van der Waals surface area contributed by atoms with Crippen molar-refractivity contribution in [2.75, 3.05) is 0 Å². The SMILES string of the molecule is CC(=O)CC(C)S(=O)(=O)Cc1ccc(Cl)cc1. The number of rotatable bonds is 5. The fourth-order valence-corrected chi connectivity index (χ4v) is 3.04. The average Bonchev–Trinajstić information content (AvgIpc) is 2.20. The van der Waals surface area contributed by atoms with Crippen molar-refractivity contribution in [2.45, 2.75) is 31.3 Å². The van der Waals surface area contributed by atoms with Crippen LogP contribution in [0.5, 0.6) is 0 Å². The molecule has 0 saturated carbocycles. The molecule has 0 radical (unpaired) electrons. The van der Waals surface area contributed by atoms with Crippen LogP contribution in [0.15, 0.2) is 24.3 Å². The Morgan fingerprint density at radius 3 is 2.29 bits per heavy atom. The molecule has 0 saturated heterocycles. The van der Waals surface area contributed by atoms with E-state index in [9.17, 15) is 13.2 Å². The van der Waals surface area contributed by atoms with Gasteiger partial charge >= 0.3 is 0 Å². The topological polar surface area (TPSA) is 51.2 Å². The third-order valence-electron chi connectivity index (χ3n) is 2.47. The predicted molar refractivity (Wildman–Crippen MR) is 68.8 cm³/mol. The third-order valence-corrected chi connectivity index (χ3v) is 4.85. The van der Waals surface area contributed by atoms with Crippen molar-refractivity contribution in [3.05, 3.63) is 34.9 Å². The van der Waals surface area contributed by atoms with Crippen molar-refractivity contribution in [2.24, 2.45) is 0 Å². The number of hydrogen-bond acceptors (Lipinski definition) is 3. The van der Waals surface area contributed by atoms with E-state index < -0.39 is 15.1 Å². The van der Waals surface area contributed by atoms with E-state index in [0.29, 0.717) is 10.6 Å². The fourth-order valence-electron chi connectivity index (χ4n) is 1.49. The van der Waals surface area contributed by atoms with Crippen LogP contribution in [0.1, 0.15) is 25.8 Å². The van der Waals surface area contributed by atoms with Crippen LogP contribution in [0.2, 0.25) is 5.02 Å². The van der Waals surface area contributed by atoms with Crippen LogP contribution >= 0.6 is 11.6 Å². The first-order chi connectivity index (χ1) is 7.81. The highest BCUT2D eigenvalue weighted by molar-refractivity contribution is 7.91. The Balaban J connectivity index is 2.79. The van der Waals surface area contributed by atoms with Gasteiger partial charge in [0.05, 0.1) is 11.0 Å². The van der Waals surface area contributed by atoms with Crippen molar-refractivity contribution in [1.82, 2.24) is 0 Å². The van der Waals surface area contributed by atoms with Gasteiger partial charge in [-0.05, 0) is 31.5 Å². The second-order valence-electron chi connectivity index (χ2n) is 4.15. The molecule has 0 fully saturated rings. The molecule has 1 rings (SSSR count). The zero-order valence-corrected chi connectivity index (χ0v) is 11.4. The molecule has 5 heteroatoms. The zero-order chi connectivity index (χ0) is 13.1. The molecule has 1 aromatic rings. The molecule has 94 valence electrons. The second-order valence-corrected chi connectivity index (χ2v) is 7.01. The molecule has 1 aromatic carbocycles. The first-order valence-corrected chi connectivity index (χ1v) is 7.36. The van der Waals surface area contributed by atoms with E-state index in [1.54, 1.807) is 31.2 Å². The van der Waals surface area contributed by atoms with Gasteiger partial charge in [0.1, 0.15) is 5.78 Å². The molecule has 0 N–H and O–H groups in total. The number of carbonyl (C=O) groups is 1. The van der Waals surface area contributed by atoms with Gasteiger partial charge in [-0.15, -0.1) is 0 Å². The molecule has 0 aliphatic rings. The molecule has 0 aliphatic heterocycles. The van der Waals surface area contributed by atoms with Crippen molar-refractivity contribution >= 4 is 27.2 Å². The highest BCUT2D eigenvalue weighted by Gasteiger charge is 2.22. The normalized spacial score (nSPS) is 13.4. The fraction of sp³-hybridized carbons (Fsp3) is 0.417. The number of Topliss-reactive ketones (excluding diaryl/α,β-unsaturated/α-hetero) is 1. The molecule has 17 heavy (non-hydrogen) atoms. The number of halogens is 1. The lowest BCUT2D eigenvalue weighted by Crippen LogP contribution is -2.22.